The van der Waals surface area contributed by atoms with Crippen molar-refractivity contribution < 1.29 is 10.2 Å². The molecule has 20 heavy (non-hydrogen) atoms. The second-order valence-corrected chi connectivity index (χ2v) is 6.27. The third-order valence-electron chi connectivity index (χ3n) is 4.92. The highest BCUT2D eigenvalue weighted by Gasteiger charge is 2.40. The topological polar surface area (TPSA) is 46.9 Å². The number of rotatable bonds is 5. The fraction of sp³-hybridized carbons (Fsp3) is 0.625. The fourth-order valence-corrected chi connectivity index (χ4v) is 3.12. The lowest BCUT2D eigenvalue weighted by molar-refractivity contribution is 0.0174. The summed E-state index contributed by atoms with van der Waals surface area (Å²) < 4.78 is 0. The van der Waals surface area contributed by atoms with E-state index in [0.29, 0.717) is 5.56 Å². The Bertz CT molecular complexity index is 449. The highest BCUT2D eigenvalue weighted by molar-refractivity contribution is 5.44. The van der Waals surface area contributed by atoms with Crippen LogP contribution < -0.4 is 0 Å². The normalized spacial score (nSPS) is 19.1. The smallest absolute Gasteiger partial charge is 0.124 e. The minimum Gasteiger partial charge on any atom is -0.507 e. The molecule has 1 fully saturated rings. The van der Waals surface area contributed by atoms with E-state index in [9.17, 15) is 10.2 Å². The number of likely N-dealkylation sites (N-methyl/N-ethyl adjacent to an activating group) is 2. The summed E-state index contributed by atoms with van der Waals surface area (Å²) in [4.78, 5) is 4.53. The van der Waals surface area contributed by atoms with Gasteiger partial charge in [0, 0.05) is 18.1 Å². The number of hydrogen-bond acceptors (Lipinski definition) is 4. The molecule has 0 heterocycles. The lowest BCUT2D eigenvalue weighted by Crippen LogP contribution is -2.56. The molecule has 1 aliphatic carbocycles. The van der Waals surface area contributed by atoms with E-state index in [1.807, 2.05) is 6.92 Å². The Morgan fingerprint density at radius 3 is 2.10 bits per heavy atom. The highest BCUT2D eigenvalue weighted by Crippen LogP contribution is 2.40. The standard InChI is InChI=1S/C16H26N2O2/c1-12(15-13(19)7-5-8-14(15)20)18(4)11-16(17(2)3)9-6-10-16/h5,7-8,12,19-20H,6,9-11H2,1-4H3. The number of phenols is 2. The van der Waals surface area contributed by atoms with Crippen molar-refractivity contribution >= 4 is 0 Å². The van der Waals surface area contributed by atoms with Crippen LogP contribution in [0.15, 0.2) is 18.2 Å². The van der Waals surface area contributed by atoms with Crippen molar-refractivity contribution in [2.45, 2.75) is 37.8 Å². The van der Waals surface area contributed by atoms with Crippen LogP contribution >= 0.6 is 0 Å². The predicted octanol–water partition coefficient (Wildman–Crippen LogP) is 2.57. The first-order valence-electron chi connectivity index (χ1n) is 7.26. The van der Waals surface area contributed by atoms with Crippen LogP contribution in [-0.4, -0.2) is 53.2 Å². The van der Waals surface area contributed by atoms with Gasteiger partial charge in [0.15, 0.2) is 0 Å². The zero-order valence-corrected chi connectivity index (χ0v) is 12.9. The summed E-state index contributed by atoms with van der Waals surface area (Å²) in [5.74, 6) is 0.328. The van der Waals surface area contributed by atoms with Crippen LogP contribution in [0.25, 0.3) is 0 Å². The van der Waals surface area contributed by atoms with E-state index in [-0.39, 0.29) is 23.1 Å². The molecule has 0 spiro atoms. The van der Waals surface area contributed by atoms with Crippen molar-refractivity contribution in [2.75, 3.05) is 27.7 Å². The minimum absolute atomic E-state index is 0.0198. The molecule has 4 nitrogen and oxygen atoms in total. The van der Waals surface area contributed by atoms with Crippen molar-refractivity contribution in [3.63, 3.8) is 0 Å². The summed E-state index contributed by atoms with van der Waals surface area (Å²) in [5.41, 5.74) is 0.853. The summed E-state index contributed by atoms with van der Waals surface area (Å²) in [7, 11) is 6.32. The maximum atomic E-state index is 9.99. The van der Waals surface area contributed by atoms with E-state index in [0.717, 1.165) is 6.54 Å². The Hall–Kier alpha value is -1.26. The Kier molecular flexibility index (Phi) is 4.25. The zero-order valence-electron chi connectivity index (χ0n) is 12.9. The summed E-state index contributed by atoms with van der Waals surface area (Å²) in [6, 6.07) is 4.90. The zero-order chi connectivity index (χ0) is 14.9. The Morgan fingerprint density at radius 2 is 1.70 bits per heavy atom. The van der Waals surface area contributed by atoms with E-state index in [4.69, 9.17) is 0 Å². The van der Waals surface area contributed by atoms with E-state index in [1.165, 1.54) is 19.3 Å². The van der Waals surface area contributed by atoms with Gasteiger partial charge >= 0.3 is 0 Å². The summed E-state index contributed by atoms with van der Waals surface area (Å²) in [6.45, 7) is 2.96. The summed E-state index contributed by atoms with van der Waals surface area (Å²) >= 11 is 0. The molecule has 1 aliphatic rings. The molecule has 1 saturated carbocycles. The van der Waals surface area contributed by atoms with Gasteiger partial charge in [-0.3, -0.25) is 4.90 Å². The summed E-state index contributed by atoms with van der Waals surface area (Å²) in [6.07, 6.45) is 3.70. The quantitative estimate of drug-likeness (QED) is 0.869. The molecule has 1 aromatic carbocycles. The molecule has 0 saturated heterocycles. The van der Waals surface area contributed by atoms with Crippen LogP contribution in [0.1, 0.15) is 37.8 Å². The largest absolute Gasteiger partial charge is 0.507 e. The van der Waals surface area contributed by atoms with E-state index in [2.05, 4.69) is 30.9 Å². The first-order valence-corrected chi connectivity index (χ1v) is 7.26. The van der Waals surface area contributed by atoms with Gasteiger partial charge in [0.1, 0.15) is 11.5 Å². The molecule has 4 heteroatoms. The number of phenolic OH excluding ortho intramolecular Hbond substituents is 2. The monoisotopic (exact) mass is 278 g/mol. The molecule has 112 valence electrons. The van der Waals surface area contributed by atoms with Gasteiger partial charge in [-0.1, -0.05) is 6.07 Å². The van der Waals surface area contributed by atoms with Crippen molar-refractivity contribution in [3.05, 3.63) is 23.8 Å². The molecule has 1 unspecified atom stereocenters. The molecule has 1 aromatic rings. The molecule has 0 radical (unpaired) electrons. The van der Waals surface area contributed by atoms with Crippen molar-refractivity contribution in [1.29, 1.82) is 0 Å². The van der Waals surface area contributed by atoms with Gasteiger partial charge in [0.05, 0.1) is 5.56 Å². The average molecular weight is 278 g/mol. The maximum absolute atomic E-state index is 9.99. The Morgan fingerprint density at radius 1 is 1.15 bits per heavy atom. The average Bonchev–Trinajstić information content (AvgIpc) is 2.32. The van der Waals surface area contributed by atoms with Crippen LogP contribution in [-0.2, 0) is 0 Å². The second-order valence-electron chi connectivity index (χ2n) is 6.27. The Balaban J connectivity index is 2.15. The van der Waals surface area contributed by atoms with Crippen molar-refractivity contribution in [3.8, 4) is 11.5 Å². The van der Waals surface area contributed by atoms with Gasteiger partial charge in [-0.05, 0) is 59.5 Å². The summed E-state index contributed by atoms with van der Waals surface area (Å²) in [5, 5.41) is 20.0. The third-order valence-corrected chi connectivity index (χ3v) is 4.92. The molecule has 2 rings (SSSR count). The van der Waals surface area contributed by atoms with Crippen LogP contribution in [0.3, 0.4) is 0 Å². The van der Waals surface area contributed by atoms with Crippen molar-refractivity contribution in [2.24, 2.45) is 0 Å². The first-order chi connectivity index (χ1) is 9.37. The second kappa shape index (κ2) is 5.62. The SMILES string of the molecule is CC(c1c(O)cccc1O)N(C)CC1(N(C)C)CCC1. The number of hydrogen-bond donors (Lipinski definition) is 2. The highest BCUT2D eigenvalue weighted by atomic mass is 16.3. The fourth-order valence-electron chi connectivity index (χ4n) is 3.12. The van der Waals surface area contributed by atoms with Crippen LogP contribution in [0, 0.1) is 0 Å². The lowest BCUT2D eigenvalue weighted by Gasteiger charge is -2.50. The predicted molar refractivity (Wildman–Crippen MR) is 81.1 cm³/mol. The molecule has 0 bridgehead atoms. The number of nitrogens with zero attached hydrogens (tertiary/aromatic N) is 2. The minimum atomic E-state index is -0.0198. The molecular weight excluding hydrogens is 252 g/mol. The van der Waals surface area contributed by atoms with E-state index < -0.39 is 0 Å². The lowest BCUT2D eigenvalue weighted by atomic mass is 9.75. The number of aromatic hydroxyl groups is 2. The van der Waals surface area contributed by atoms with Crippen LogP contribution in [0.4, 0.5) is 0 Å². The van der Waals surface area contributed by atoms with Gasteiger partial charge in [0.2, 0.25) is 0 Å². The van der Waals surface area contributed by atoms with Crippen LogP contribution in [0.2, 0.25) is 0 Å². The van der Waals surface area contributed by atoms with Gasteiger partial charge in [-0.15, -0.1) is 0 Å². The number of benzene rings is 1. The first kappa shape index (κ1) is 15.1. The Labute approximate surface area is 121 Å². The van der Waals surface area contributed by atoms with Gasteiger partial charge < -0.3 is 15.1 Å². The van der Waals surface area contributed by atoms with E-state index >= 15 is 0 Å². The molecule has 0 aliphatic heterocycles. The van der Waals surface area contributed by atoms with Crippen molar-refractivity contribution in [1.82, 2.24) is 9.80 Å². The molecule has 0 aromatic heterocycles. The maximum Gasteiger partial charge on any atom is 0.124 e. The molecule has 1 atom stereocenters. The van der Waals surface area contributed by atoms with Gasteiger partial charge in [0.25, 0.3) is 0 Å². The molecule has 2 N–H and O–H groups in total. The third kappa shape index (κ3) is 2.63. The van der Waals surface area contributed by atoms with Gasteiger partial charge in [-0.2, -0.15) is 0 Å². The van der Waals surface area contributed by atoms with Gasteiger partial charge in [-0.25, -0.2) is 0 Å². The molecular formula is C16H26N2O2. The van der Waals surface area contributed by atoms with E-state index in [1.54, 1.807) is 18.2 Å². The molecule has 0 amide bonds. The van der Waals surface area contributed by atoms with Crippen LogP contribution in [0.5, 0.6) is 11.5 Å².